The summed E-state index contributed by atoms with van der Waals surface area (Å²) in [4.78, 5) is 10.7. The summed E-state index contributed by atoms with van der Waals surface area (Å²) in [6, 6.07) is 0. The Kier molecular flexibility index (Phi) is 3.87. The molecule has 72 valence electrons. The molecular weight excluding hydrogens is 156 g/mol. The van der Waals surface area contributed by atoms with Crippen molar-refractivity contribution in [3.63, 3.8) is 0 Å². The van der Waals surface area contributed by atoms with E-state index in [1.54, 1.807) is 0 Å². The molecule has 0 radical (unpaired) electrons. The number of hydrogen-bond donors (Lipinski definition) is 2. The van der Waals surface area contributed by atoms with E-state index < -0.39 is 12.2 Å². The summed E-state index contributed by atoms with van der Waals surface area (Å²) in [6.45, 7) is 7.12. The highest BCUT2D eigenvalue weighted by atomic mass is 16.3. The summed E-state index contributed by atoms with van der Waals surface area (Å²) in [7, 11) is 0. The molecule has 0 aromatic carbocycles. The van der Waals surface area contributed by atoms with Crippen LogP contribution >= 0.6 is 0 Å². The van der Waals surface area contributed by atoms with Gasteiger partial charge < -0.3 is 10.2 Å². The Bertz CT molecular complexity index is 158. The fourth-order valence-electron chi connectivity index (χ4n) is 1.01. The van der Waals surface area contributed by atoms with Crippen molar-refractivity contribution in [2.24, 2.45) is 5.41 Å². The minimum Gasteiger partial charge on any atom is -0.390 e. The van der Waals surface area contributed by atoms with Gasteiger partial charge in [-0.1, -0.05) is 20.8 Å². The van der Waals surface area contributed by atoms with Gasteiger partial charge >= 0.3 is 0 Å². The fraction of sp³-hybridized carbons (Fsp3) is 0.889. The van der Waals surface area contributed by atoms with Crippen molar-refractivity contribution in [3.05, 3.63) is 0 Å². The van der Waals surface area contributed by atoms with Crippen molar-refractivity contribution in [1.29, 1.82) is 0 Å². The van der Waals surface area contributed by atoms with Crippen molar-refractivity contribution >= 4 is 5.78 Å². The molecule has 0 aromatic rings. The molecule has 0 saturated carbocycles. The minimum atomic E-state index is -1.23. The normalized spacial score (nSPS) is 17.2. The van der Waals surface area contributed by atoms with Crippen LogP contribution in [0.4, 0.5) is 0 Å². The van der Waals surface area contributed by atoms with E-state index in [4.69, 9.17) is 5.11 Å². The highest BCUT2D eigenvalue weighted by Gasteiger charge is 2.25. The predicted molar refractivity (Wildman–Crippen MR) is 46.8 cm³/mol. The van der Waals surface area contributed by atoms with Gasteiger partial charge in [-0.3, -0.25) is 4.79 Å². The summed E-state index contributed by atoms with van der Waals surface area (Å²) in [5, 5.41) is 18.5. The number of Topliss-reactive ketones (excluding diaryl/α,β-unsaturated/α-hetero) is 1. The van der Waals surface area contributed by atoms with E-state index in [1.807, 2.05) is 20.8 Å². The highest BCUT2D eigenvalue weighted by molar-refractivity contribution is 5.80. The average molecular weight is 174 g/mol. The second-order valence-corrected chi connectivity index (χ2v) is 4.39. The zero-order chi connectivity index (χ0) is 9.94. The van der Waals surface area contributed by atoms with Crippen LogP contribution in [0.3, 0.4) is 0 Å². The van der Waals surface area contributed by atoms with Gasteiger partial charge in [0.05, 0.1) is 6.10 Å². The zero-order valence-corrected chi connectivity index (χ0v) is 8.16. The third-order valence-electron chi connectivity index (χ3n) is 1.60. The van der Waals surface area contributed by atoms with Gasteiger partial charge in [0.15, 0.2) is 5.78 Å². The summed E-state index contributed by atoms with van der Waals surface area (Å²) in [5.74, 6) is -0.383. The van der Waals surface area contributed by atoms with Crippen LogP contribution in [0, 0.1) is 5.41 Å². The van der Waals surface area contributed by atoms with E-state index in [-0.39, 0.29) is 11.2 Å². The molecule has 2 atom stereocenters. The molecule has 3 nitrogen and oxygen atoms in total. The molecule has 3 heteroatoms. The van der Waals surface area contributed by atoms with Crippen molar-refractivity contribution in [2.45, 2.75) is 46.3 Å². The van der Waals surface area contributed by atoms with E-state index >= 15 is 0 Å². The number of rotatable bonds is 3. The number of aliphatic hydroxyl groups is 2. The molecular formula is C9H18O3. The van der Waals surface area contributed by atoms with E-state index in [2.05, 4.69) is 0 Å². The second kappa shape index (κ2) is 4.01. The van der Waals surface area contributed by atoms with E-state index in [0.717, 1.165) is 0 Å². The van der Waals surface area contributed by atoms with Crippen LogP contribution in [0.25, 0.3) is 0 Å². The first-order valence-corrected chi connectivity index (χ1v) is 4.10. The highest BCUT2D eigenvalue weighted by Crippen LogP contribution is 2.22. The molecule has 0 spiro atoms. The van der Waals surface area contributed by atoms with Gasteiger partial charge in [-0.25, -0.2) is 0 Å². The average Bonchev–Trinajstić information content (AvgIpc) is 1.82. The zero-order valence-electron chi connectivity index (χ0n) is 8.16. The standard InChI is InChI=1S/C9H18O3/c1-6(10)8(12)7(11)5-9(2,3)4/h7-8,11-12H,5H2,1-4H3/t7-,8-/m1/s1. The number of ketones is 1. The SMILES string of the molecule is CC(=O)[C@@H](O)[C@H](O)CC(C)(C)C. The molecule has 0 unspecified atom stereocenters. The first-order chi connectivity index (χ1) is 5.24. The van der Waals surface area contributed by atoms with Gasteiger partial charge in [0.25, 0.3) is 0 Å². The van der Waals surface area contributed by atoms with Crippen LogP contribution in [0.1, 0.15) is 34.1 Å². The summed E-state index contributed by atoms with van der Waals surface area (Å²) >= 11 is 0. The summed E-state index contributed by atoms with van der Waals surface area (Å²) < 4.78 is 0. The van der Waals surface area contributed by atoms with Crippen LogP contribution in [0.2, 0.25) is 0 Å². The number of hydrogen-bond acceptors (Lipinski definition) is 3. The van der Waals surface area contributed by atoms with Gasteiger partial charge in [-0.15, -0.1) is 0 Å². The summed E-state index contributed by atoms with van der Waals surface area (Å²) in [5.41, 5.74) is -0.0736. The lowest BCUT2D eigenvalue weighted by Gasteiger charge is -2.24. The number of aliphatic hydroxyl groups excluding tert-OH is 2. The predicted octanol–water partition coefficient (Wildman–Crippen LogP) is 0.733. The molecule has 0 rings (SSSR count). The van der Waals surface area contributed by atoms with Gasteiger partial charge in [-0.05, 0) is 18.8 Å². The lowest BCUT2D eigenvalue weighted by molar-refractivity contribution is -0.131. The van der Waals surface area contributed by atoms with E-state index in [0.29, 0.717) is 6.42 Å². The Morgan fingerprint density at radius 1 is 1.33 bits per heavy atom. The second-order valence-electron chi connectivity index (χ2n) is 4.39. The van der Waals surface area contributed by atoms with Crippen LogP contribution in [-0.4, -0.2) is 28.2 Å². The number of carbonyl (C=O) groups is 1. The lowest BCUT2D eigenvalue weighted by atomic mass is 9.87. The Labute approximate surface area is 73.4 Å². The molecule has 0 aliphatic carbocycles. The maximum absolute atomic E-state index is 10.7. The Morgan fingerprint density at radius 3 is 2.00 bits per heavy atom. The molecule has 0 bridgehead atoms. The van der Waals surface area contributed by atoms with Crippen LogP contribution in [-0.2, 0) is 4.79 Å². The molecule has 0 aromatic heterocycles. The van der Waals surface area contributed by atoms with Gasteiger partial charge in [-0.2, -0.15) is 0 Å². The van der Waals surface area contributed by atoms with Gasteiger partial charge in [0.1, 0.15) is 6.10 Å². The Hall–Kier alpha value is -0.410. The maximum Gasteiger partial charge on any atom is 0.160 e. The molecule has 0 heterocycles. The topological polar surface area (TPSA) is 57.5 Å². The molecule has 0 amide bonds. The molecule has 2 N–H and O–H groups in total. The molecule has 0 aliphatic heterocycles. The van der Waals surface area contributed by atoms with Crippen molar-refractivity contribution in [3.8, 4) is 0 Å². The van der Waals surface area contributed by atoms with Crippen LogP contribution in [0.5, 0.6) is 0 Å². The Morgan fingerprint density at radius 2 is 1.75 bits per heavy atom. The van der Waals surface area contributed by atoms with Crippen molar-refractivity contribution in [2.75, 3.05) is 0 Å². The van der Waals surface area contributed by atoms with Crippen molar-refractivity contribution < 1.29 is 15.0 Å². The van der Waals surface area contributed by atoms with E-state index in [1.165, 1.54) is 6.92 Å². The van der Waals surface area contributed by atoms with Gasteiger partial charge in [0, 0.05) is 0 Å². The summed E-state index contributed by atoms with van der Waals surface area (Å²) in [6.07, 6.45) is -1.75. The third kappa shape index (κ3) is 4.46. The molecule has 0 aliphatic rings. The third-order valence-corrected chi connectivity index (χ3v) is 1.60. The van der Waals surface area contributed by atoms with Crippen LogP contribution in [0.15, 0.2) is 0 Å². The van der Waals surface area contributed by atoms with Crippen LogP contribution < -0.4 is 0 Å². The molecule has 12 heavy (non-hydrogen) atoms. The maximum atomic E-state index is 10.7. The van der Waals surface area contributed by atoms with E-state index in [9.17, 15) is 9.90 Å². The fourth-order valence-corrected chi connectivity index (χ4v) is 1.01. The quantitative estimate of drug-likeness (QED) is 0.663. The minimum absolute atomic E-state index is 0.0736. The molecule has 0 fully saturated rings. The largest absolute Gasteiger partial charge is 0.390 e. The monoisotopic (exact) mass is 174 g/mol. The smallest absolute Gasteiger partial charge is 0.160 e. The van der Waals surface area contributed by atoms with Crippen molar-refractivity contribution in [1.82, 2.24) is 0 Å². The lowest BCUT2D eigenvalue weighted by Crippen LogP contribution is -2.35. The number of carbonyl (C=O) groups excluding carboxylic acids is 1. The first kappa shape index (κ1) is 11.6. The van der Waals surface area contributed by atoms with Gasteiger partial charge in [0.2, 0.25) is 0 Å². The first-order valence-electron chi connectivity index (χ1n) is 4.10. The molecule has 0 saturated heterocycles. The Balaban J connectivity index is 4.04.